The van der Waals surface area contributed by atoms with Crippen molar-refractivity contribution in [1.29, 1.82) is 0 Å². The third-order valence-corrected chi connectivity index (χ3v) is 4.96. The maximum atomic E-state index is 11.8. The molecule has 7 nitrogen and oxygen atoms in total. The number of hydrazone groups is 1. The monoisotopic (exact) mass is 415 g/mol. The first kappa shape index (κ1) is 21.1. The highest BCUT2D eigenvalue weighted by atomic mass is 35.5. The summed E-state index contributed by atoms with van der Waals surface area (Å²) in [5, 5.41) is 8.32. The molecule has 2 N–H and O–H groups in total. The van der Waals surface area contributed by atoms with Crippen molar-refractivity contribution in [2.24, 2.45) is 5.10 Å². The van der Waals surface area contributed by atoms with Gasteiger partial charge in [-0.05, 0) is 37.5 Å². The fraction of sp³-hybridized carbons (Fsp3) is 0.381. The Morgan fingerprint density at radius 3 is 2.93 bits per heavy atom. The molecule has 0 bridgehead atoms. The quantitative estimate of drug-likeness (QED) is 0.504. The molecule has 29 heavy (non-hydrogen) atoms. The third-order valence-electron chi connectivity index (χ3n) is 4.65. The molecule has 0 unspecified atom stereocenters. The van der Waals surface area contributed by atoms with Crippen LogP contribution in [0.4, 0.5) is 11.5 Å². The maximum Gasteiger partial charge on any atom is 0.250 e. The van der Waals surface area contributed by atoms with Crippen LogP contribution >= 0.6 is 11.6 Å². The van der Waals surface area contributed by atoms with E-state index in [0.717, 1.165) is 38.3 Å². The molecule has 0 atom stereocenters. The second kappa shape index (κ2) is 10.2. The molecule has 1 aliphatic rings. The fourth-order valence-electron chi connectivity index (χ4n) is 3.10. The molecule has 8 heteroatoms. The summed E-state index contributed by atoms with van der Waals surface area (Å²) in [4.78, 5) is 16.3. The predicted molar refractivity (Wildman–Crippen MR) is 118 cm³/mol. The lowest BCUT2D eigenvalue weighted by atomic mass is 10.1. The van der Waals surface area contributed by atoms with E-state index in [1.807, 2.05) is 6.92 Å². The number of allylic oxidation sites excluding steroid dienone is 1. The number of aryl methyl sites for hydroxylation is 1. The smallest absolute Gasteiger partial charge is 0.250 e. The second-order valence-electron chi connectivity index (χ2n) is 6.84. The Bertz CT molecular complexity index is 935. The molecule has 3 heterocycles. The van der Waals surface area contributed by atoms with Gasteiger partial charge >= 0.3 is 0 Å². The molecular weight excluding hydrogens is 390 g/mol. The van der Waals surface area contributed by atoms with Gasteiger partial charge in [0, 0.05) is 49.8 Å². The van der Waals surface area contributed by atoms with Gasteiger partial charge in [0.05, 0.1) is 16.4 Å². The van der Waals surface area contributed by atoms with Crippen molar-refractivity contribution in [2.45, 2.75) is 38.8 Å². The average Bonchev–Trinajstić information content (AvgIpc) is 2.73. The molecule has 154 valence electrons. The highest BCUT2D eigenvalue weighted by Crippen LogP contribution is 2.22. The summed E-state index contributed by atoms with van der Waals surface area (Å²) in [6.45, 7) is 8.02. The Hall–Kier alpha value is -2.64. The van der Waals surface area contributed by atoms with Gasteiger partial charge in [0.1, 0.15) is 5.82 Å². The Morgan fingerprint density at radius 1 is 1.45 bits per heavy atom. The van der Waals surface area contributed by atoms with Crippen molar-refractivity contribution in [3.63, 3.8) is 0 Å². The highest BCUT2D eigenvalue weighted by molar-refractivity contribution is 6.35. The third kappa shape index (κ3) is 5.68. The van der Waals surface area contributed by atoms with Gasteiger partial charge in [-0.1, -0.05) is 25.1 Å². The molecule has 0 saturated carbocycles. The molecule has 2 aromatic heterocycles. The molecule has 1 aliphatic heterocycles. The van der Waals surface area contributed by atoms with Gasteiger partial charge in [0.2, 0.25) is 0 Å². The average molecular weight is 416 g/mol. The van der Waals surface area contributed by atoms with E-state index in [1.165, 1.54) is 6.07 Å². The number of hydrogen-bond acceptors (Lipinski definition) is 6. The fourth-order valence-corrected chi connectivity index (χ4v) is 3.35. The van der Waals surface area contributed by atoms with Crippen molar-refractivity contribution in [3.8, 4) is 0 Å². The van der Waals surface area contributed by atoms with E-state index >= 15 is 0 Å². The maximum absolute atomic E-state index is 11.8. The molecule has 0 amide bonds. The van der Waals surface area contributed by atoms with Gasteiger partial charge in [0.25, 0.3) is 5.56 Å². The number of halogens is 1. The lowest BCUT2D eigenvalue weighted by molar-refractivity contribution is 0.0904. The molecule has 0 aliphatic carbocycles. The molecule has 1 saturated heterocycles. The molecular formula is C21H26ClN5O2. The van der Waals surface area contributed by atoms with Crippen LogP contribution in [0.5, 0.6) is 0 Å². The van der Waals surface area contributed by atoms with Crippen LogP contribution in [0.2, 0.25) is 5.02 Å². The van der Waals surface area contributed by atoms with Crippen molar-refractivity contribution in [2.75, 3.05) is 24.0 Å². The SMILES string of the molecule is C=C/C(=N\Nc1ccc(=O)n(CCC)c1)c1cnc(NC2CCOCC2)cc1Cl. The van der Waals surface area contributed by atoms with Gasteiger partial charge in [-0.15, -0.1) is 0 Å². The number of anilines is 2. The summed E-state index contributed by atoms with van der Waals surface area (Å²) in [5.41, 5.74) is 4.88. The Balaban J connectivity index is 1.74. The molecule has 1 fully saturated rings. The molecule has 0 aromatic carbocycles. The minimum absolute atomic E-state index is 0.0369. The number of nitrogens with zero attached hydrogens (tertiary/aromatic N) is 3. The van der Waals surface area contributed by atoms with Crippen LogP contribution in [-0.4, -0.2) is 34.5 Å². The van der Waals surface area contributed by atoms with E-state index in [2.05, 4.69) is 27.4 Å². The van der Waals surface area contributed by atoms with E-state index in [-0.39, 0.29) is 5.56 Å². The summed E-state index contributed by atoms with van der Waals surface area (Å²) in [6.07, 6.45) is 7.82. The van der Waals surface area contributed by atoms with Crippen LogP contribution in [0, 0.1) is 0 Å². The first-order valence-electron chi connectivity index (χ1n) is 9.77. The molecule has 3 rings (SSSR count). The normalized spacial score (nSPS) is 15.2. The van der Waals surface area contributed by atoms with Gasteiger partial charge in [0.15, 0.2) is 0 Å². The number of pyridine rings is 2. The van der Waals surface area contributed by atoms with E-state index in [9.17, 15) is 4.79 Å². The first-order valence-corrected chi connectivity index (χ1v) is 10.2. The lowest BCUT2D eigenvalue weighted by Crippen LogP contribution is -2.28. The minimum Gasteiger partial charge on any atom is -0.381 e. The number of aromatic nitrogens is 2. The van der Waals surface area contributed by atoms with Crippen LogP contribution < -0.4 is 16.3 Å². The number of rotatable bonds is 8. The number of nitrogens with one attached hydrogen (secondary N) is 2. The summed E-state index contributed by atoms with van der Waals surface area (Å²) >= 11 is 6.48. The summed E-state index contributed by atoms with van der Waals surface area (Å²) < 4.78 is 7.03. The van der Waals surface area contributed by atoms with Crippen molar-refractivity contribution < 1.29 is 4.74 Å². The summed E-state index contributed by atoms with van der Waals surface area (Å²) in [6, 6.07) is 5.35. The van der Waals surface area contributed by atoms with Gasteiger partial charge in [-0.3, -0.25) is 10.2 Å². The molecule has 2 aromatic rings. The summed E-state index contributed by atoms with van der Waals surface area (Å²) in [7, 11) is 0. The van der Waals surface area contributed by atoms with Gasteiger partial charge < -0.3 is 14.6 Å². The van der Waals surface area contributed by atoms with Crippen LogP contribution in [0.15, 0.2) is 53.1 Å². The topological polar surface area (TPSA) is 80.5 Å². The second-order valence-corrected chi connectivity index (χ2v) is 7.25. The van der Waals surface area contributed by atoms with Crippen molar-refractivity contribution in [3.05, 3.63) is 64.2 Å². The number of hydrogen-bond donors (Lipinski definition) is 2. The van der Waals surface area contributed by atoms with Crippen molar-refractivity contribution in [1.82, 2.24) is 9.55 Å². The van der Waals surface area contributed by atoms with Crippen LogP contribution in [0.3, 0.4) is 0 Å². The standard InChI is InChI=1S/C21H26ClN5O2/c1-3-9-27-14-16(5-6-21(27)28)25-26-19(4-2)17-13-23-20(12-18(17)22)24-15-7-10-29-11-8-15/h4-6,12-15,25H,2-3,7-11H2,1H3,(H,23,24)/b26-19+. The summed E-state index contributed by atoms with van der Waals surface area (Å²) in [5.74, 6) is 0.730. The lowest BCUT2D eigenvalue weighted by Gasteiger charge is -2.23. The predicted octanol–water partition coefficient (Wildman–Crippen LogP) is 3.90. The van der Waals surface area contributed by atoms with Crippen LogP contribution in [-0.2, 0) is 11.3 Å². The zero-order valence-electron chi connectivity index (χ0n) is 16.5. The number of ether oxygens (including phenoxy) is 1. The van der Waals surface area contributed by atoms with Crippen molar-refractivity contribution >= 4 is 28.8 Å². The zero-order valence-corrected chi connectivity index (χ0v) is 17.3. The molecule has 0 spiro atoms. The van der Waals surface area contributed by atoms with Crippen LogP contribution in [0.1, 0.15) is 31.7 Å². The zero-order chi connectivity index (χ0) is 20.6. The van der Waals surface area contributed by atoms with E-state index < -0.39 is 0 Å². The highest BCUT2D eigenvalue weighted by Gasteiger charge is 2.15. The van der Waals surface area contributed by atoms with E-state index in [0.29, 0.717) is 34.6 Å². The van der Waals surface area contributed by atoms with Gasteiger partial charge in [-0.2, -0.15) is 5.10 Å². The largest absolute Gasteiger partial charge is 0.381 e. The van der Waals surface area contributed by atoms with Crippen LogP contribution in [0.25, 0.3) is 0 Å². The minimum atomic E-state index is -0.0369. The molecule has 0 radical (unpaired) electrons. The Labute approximate surface area is 175 Å². The Morgan fingerprint density at radius 2 is 2.24 bits per heavy atom. The van der Waals surface area contributed by atoms with E-state index in [4.69, 9.17) is 16.3 Å². The van der Waals surface area contributed by atoms with Gasteiger partial charge in [-0.25, -0.2) is 4.98 Å². The van der Waals surface area contributed by atoms with E-state index in [1.54, 1.807) is 35.2 Å². The first-order chi connectivity index (χ1) is 14.1. The Kier molecular flexibility index (Phi) is 7.43.